The number of rotatable bonds is 7. The standard InChI is InChI=1S/C22H16F4N2O4S/c23-19-9-5-4-6-15(19)13-21(29)28-27-14-16-12-17(22(24,25)26)10-11-20(16)33(30,31)32-18-7-2-1-3-8-18/h1-12,14H,13H2,(H,28,29)/b27-14+. The highest BCUT2D eigenvalue weighted by atomic mass is 32.2. The van der Waals surface area contributed by atoms with E-state index in [2.05, 4.69) is 5.10 Å². The predicted octanol–water partition coefficient (Wildman–Crippen LogP) is 4.31. The average Bonchev–Trinajstić information content (AvgIpc) is 2.75. The van der Waals surface area contributed by atoms with E-state index in [4.69, 9.17) is 4.18 Å². The number of para-hydroxylation sites is 1. The SMILES string of the molecule is O=C(Cc1ccccc1F)N/N=C/c1cc(C(F)(F)F)ccc1S(=O)(=O)Oc1ccccc1. The van der Waals surface area contributed by atoms with Gasteiger partial charge in [-0.25, -0.2) is 9.82 Å². The molecule has 0 saturated carbocycles. The van der Waals surface area contributed by atoms with Crippen LogP contribution in [0.1, 0.15) is 16.7 Å². The molecule has 0 aromatic heterocycles. The van der Waals surface area contributed by atoms with Gasteiger partial charge < -0.3 is 4.18 Å². The summed E-state index contributed by atoms with van der Waals surface area (Å²) < 4.78 is 83.4. The van der Waals surface area contributed by atoms with E-state index in [1.54, 1.807) is 6.07 Å². The maximum atomic E-state index is 13.7. The Kier molecular flexibility index (Phi) is 7.12. The van der Waals surface area contributed by atoms with Crippen molar-refractivity contribution >= 4 is 22.2 Å². The molecule has 1 amide bonds. The summed E-state index contributed by atoms with van der Waals surface area (Å²) in [5.41, 5.74) is 0.537. The number of nitrogens with zero attached hydrogens (tertiary/aromatic N) is 1. The van der Waals surface area contributed by atoms with Crippen molar-refractivity contribution in [1.29, 1.82) is 0 Å². The maximum Gasteiger partial charge on any atom is 0.416 e. The molecule has 172 valence electrons. The number of amides is 1. The quantitative estimate of drug-likeness (QED) is 0.237. The highest BCUT2D eigenvalue weighted by Gasteiger charge is 2.32. The van der Waals surface area contributed by atoms with Crippen LogP contribution >= 0.6 is 0 Å². The van der Waals surface area contributed by atoms with Crippen molar-refractivity contribution in [3.05, 3.63) is 95.3 Å². The molecule has 33 heavy (non-hydrogen) atoms. The number of halogens is 4. The summed E-state index contributed by atoms with van der Waals surface area (Å²) in [6.07, 6.45) is -4.39. The minimum atomic E-state index is -4.75. The van der Waals surface area contributed by atoms with Crippen LogP contribution in [0.4, 0.5) is 17.6 Å². The number of nitrogens with one attached hydrogen (secondary N) is 1. The van der Waals surface area contributed by atoms with Crippen LogP contribution in [0.25, 0.3) is 0 Å². The van der Waals surface area contributed by atoms with Crippen LogP contribution in [0.5, 0.6) is 5.75 Å². The Morgan fingerprint density at radius 3 is 2.33 bits per heavy atom. The Labute approximate surface area is 186 Å². The van der Waals surface area contributed by atoms with Gasteiger partial charge in [0.15, 0.2) is 0 Å². The summed E-state index contributed by atoms with van der Waals surface area (Å²) in [5.74, 6) is -1.41. The number of hydrogen-bond donors (Lipinski definition) is 1. The molecule has 6 nitrogen and oxygen atoms in total. The van der Waals surface area contributed by atoms with Gasteiger partial charge in [0.2, 0.25) is 5.91 Å². The van der Waals surface area contributed by atoms with Crippen molar-refractivity contribution in [3.8, 4) is 5.75 Å². The lowest BCUT2D eigenvalue weighted by molar-refractivity contribution is -0.137. The average molecular weight is 480 g/mol. The number of benzene rings is 3. The van der Waals surface area contributed by atoms with Gasteiger partial charge in [0.25, 0.3) is 0 Å². The van der Waals surface area contributed by atoms with Gasteiger partial charge in [0.1, 0.15) is 16.5 Å². The van der Waals surface area contributed by atoms with Gasteiger partial charge in [-0.1, -0.05) is 36.4 Å². The van der Waals surface area contributed by atoms with E-state index in [1.165, 1.54) is 48.5 Å². The van der Waals surface area contributed by atoms with Gasteiger partial charge in [-0.15, -0.1) is 0 Å². The van der Waals surface area contributed by atoms with Gasteiger partial charge in [-0.05, 0) is 42.0 Å². The third kappa shape index (κ3) is 6.39. The molecule has 1 N–H and O–H groups in total. The highest BCUT2D eigenvalue weighted by molar-refractivity contribution is 7.87. The van der Waals surface area contributed by atoms with Gasteiger partial charge in [-0.2, -0.15) is 26.7 Å². The molecule has 0 spiro atoms. The fourth-order valence-electron chi connectivity index (χ4n) is 2.73. The molecule has 0 bridgehead atoms. The first-order valence-corrected chi connectivity index (χ1v) is 10.7. The van der Waals surface area contributed by atoms with Crippen LogP contribution in [0.15, 0.2) is 82.8 Å². The molecule has 3 aromatic rings. The van der Waals surface area contributed by atoms with Crippen LogP contribution in [-0.2, 0) is 27.5 Å². The van der Waals surface area contributed by atoms with Crippen LogP contribution in [-0.4, -0.2) is 20.5 Å². The third-order valence-electron chi connectivity index (χ3n) is 4.26. The predicted molar refractivity (Wildman–Crippen MR) is 112 cm³/mol. The molecule has 0 aliphatic carbocycles. The zero-order valence-electron chi connectivity index (χ0n) is 16.7. The molecule has 0 radical (unpaired) electrons. The lowest BCUT2D eigenvalue weighted by atomic mass is 10.1. The smallest absolute Gasteiger partial charge is 0.379 e. The molecule has 0 aliphatic rings. The lowest BCUT2D eigenvalue weighted by Crippen LogP contribution is -2.21. The second-order valence-corrected chi connectivity index (χ2v) is 8.18. The van der Waals surface area contributed by atoms with Gasteiger partial charge in [0, 0.05) is 5.56 Å². The Morgan fingerprint density at radius 2 is 1.67 bits per heavy atom. The van der Waals surface area contributed by atoms with Crippen molar-refractivity contribution < 1.29 is 35.0 Å². The fraction of sp³-hybridized carbons (Fsp3) is 0.0909. The number of alkyl halides is 3. The lowest BCUT2D eigenvalue weighted by Gasteiger charge is -2.12. The highest BCUT2D eigenvalue weighted by Crippen LogP contribution is 2.32. The zero-order chi connectivity index (χ0) is 24.1. The van der Waals surface area contributed by atoms with Crippen molar-refractivity contribution in [2.24, 2.45) is 5.10 Å². The van der Waals surface area contributed by atoms with E-state index in [1.807, 2.05) is 5.43 Å². The third-order valence-corrected chi connectivity index (χ3v) is 5.58. The number of carbonyl (C=O) groups excluding carboxylic acids is 1. The molecule has 0 saturated heterocycles. The van der Waals surface area contributed by atoms with E-state index < -0.39 is 44.0 Å². The number of hydrogen-bond acceptors (Lipinski definition) is 5. The largest absolute Gasteiger partial charge is 0.416 e. The van der Waals surface area contributed by atoms with Crippen molar-refractivity contribution in [3.63, 3.8) is 0 Å². The van der Waals surface area contributed by atoms with E-state index in [0.29, 0.717) is 12.1 Å². The van der Waals surface area contributed by atoms with Crippen LogP contribution < -0.4 is 9.61 Å². The van der Waals surface area contributed by atoms with Crippen molar-refractivity contribution in [1.82, 2.24) is 5.43 Å². The van der Waals surface area contributed by atoms with E-state index >= 15 is 0 Å². The first kappa shape index (κ1) is 23.9. The Morgan fingerprint density at radius 1 is 1.00 bits per heavy atom. The van der Waals surface area contributed by atoms with Crippen LogP contribution in [0, 0.1) is 5.82 Å². The fourth-order valence-corrected chi connectivity index (χ4v) is 3.82. The molecule has 3 rings (SSSR count). The zero-order valence-corrected chi connectivity index (χ0v) is 17.5. The summed E-state index contributed by atoms with van der Waals surface area (Å²) in [4.78, 5) is 11.4. The topological polar surface area (TPSA) is 84.8 Å². The molecule has 0 heterocycles. The maximum absolute atomic E-state index is 13.7. The first-order valence-electron chi connectivity index (χ1n) is 9.32. The molecule has 11 heteroatoms. The minimum Gasteiger partial charge on any atom is -0.379 e. The molecule has 3 aromatic carbocycles. The van der Waals surface area contributed by atoms with Crippen LogP contribution in [0.3, 0.4) is 0 Å². The molecular formula is C22H16F4N2O4S. The Bertz CT molecular complexity index is 1280. The summed E-state index contributed by atoms with van der Waals surface area (Å²) in [6, 6.07) is 14.8. The number of carbonyl (C=O) groups is 1. The molecule has 0 fully saturated rings. The van der Waals surface area contributed by atoms with E-state index in [9.17, 15) is 30.8 Å². The monoisotopic (exact) mass is 480 g/mol. The van der Waals surface area contributed by atoms with E-state index in [-0.39, 0.29) is 17.7 Å². The Hall–Kier alpha value is -3.73. The van der Waals surface area contributed by atoms with Gasteiger partial charge in [-0.3, -0.25) is 4.79 Å². The number of hydrazone groups is 1. The van der Waals surface area contributed by atoms with Crippen molar-refractivity contribution in [2.45, 2.75) is 17.5 Å². The van der Waals surface area contributed by atoms with Gasteiger partial charge in [0.05, 0.1) is 18.2 Å². The molecule has 0 aliphatic heterocycles. The first-order chi connectivity index (χ1) is 15.6. The Balaban J connectivity index is 1.87. The molecular weight excluding hydrogens is 464 g/mol. The van der Waals surface area contributed by atoms with Crippen LogP contribution in [0.2, 0.25) is 0 Å². The van der Waals surface area contributed by atoms with E-state index in [0.717, 1.165) is 12.3 Å². The molecule has 0 unspecified atom stereocenters. The summed E-state index contributed by atoms with van der Waals surface area (Å²) in [6.45, 7) is 0. The van der Waals surface area contributed by atoms with Crippen molar-refractivity contribution in [2.75, 3.05) is 0 Å². The molecule has 0 atom stereocenters. The summed E-state index contributed by atoms with van der Waals surface area (Å²) in [7, 11) is -4.53. The minimum absolute atomic E-state index is 0.0431. The normalized spacial score (nSPS) is 12.0. The second kappa shape index (κ2) is 9.82. The summed E-state index contributed by atoms with van der Waals surface area (Å²) in [5, 5.41) is 3.54. The van der Waals surface area contributed by atoms with Gasteiger partial charge >= 0.3 is 16.3 Å². The second-order valence-electron chi connectivity index (χ2n) is 6.66. The summed E-state index contributed by atoms with van der Waals surface area (Å²) >= 11 is 0.